The van der Waals surface area contributed by atoms with Gasteiger partial charge in [-0.1, -0.05) is 48.5 Å². The molecule has 4 fully saturated rings. The van der Waals surface area contributed by atoms with E-state index in [2.05, 4.69) is 9.80 Å². The van der Waals surface area contributed by atoms with Crippen molar-refractivity contribution in [1.82, 2.24) is 19.6 Å². The zero-order valence-electron chi connectivity index (χ0n) is 38.4. The van der Waals surface area contributed by atoms with E-state index in [9.17, 15) is 36.7 Å². The fourth-order valence-electron chi connectivity index (χ4n) is 10.7. The van der Waals surface area contributed by atoms with Crippen LogP contribution < -0.4 is 0 Å². The Morgan fingerprint density at radius 3 is 1.04 bits per heavy atom. The van der Waals surface area contributed by atoms with Gasteiger partial charge in [0, 0.05) is 48.2 Å². The number of likely N-dealkylation sites (N-methyl/N-ethyl adjacent to an activating group) is 2. The number of rotatable bonds is 16. The minimum absolute atomic E-state index is 0.00804. The fraction of sp³-hybridized carbons (Fsp3) is 0.462. The zero-order chi connectivity index (χ0) is 48.0. The first-order valence-electron chi connectivity index (χ1n) is 23.5. The smallest absolute Gasteiger partial charge is 0.418 e. The summed E-state index contributed by atoms with van der Waals surface area (Å²) >= 11 is 0. The SMILES string of the molecule is CN1C(=O)OCC1CCCN1CCC(C(OC(=O)C(=O)OC(c2ccc(F)cc2)(c2ccc(F)cc2)C2CCN(CCCC3COC(=O)N3C)CC2)(c2ccc(F)cc2)c2ccc(F)cc2)CC1. The highest BCUT2D eigenvalue weighted by atomic mass is 19.1. The Kier molecular flexibility index (Phi) is 15.0. The summed E-state index contributed by atoms with van der Waals surface area (Å²) in [5.74, 6) is -5.83. The molecule has 0 saturated carbocycles. The summed E-state index contributed by atoms with van der Waals surface area (Å²) in [5, 5.41) is 0. The van der Waals surface area contributed by atoms with Crippen molar-refractivity contribution in [2.24, 2.45) is 11.8 Å². The number of hydrogen-bond acceptors (Lipinski definition) is 10. The first-order valence-corrected chi connectivity index (χ1v) is 23.5. The van der Waals surface area contributed by atoms with E-state index in [-0.39, 0.29) is 24.3 Å². The quantitative estimate of drug-likeness (QED) is 0.0469. The zero-order valence-corrected chi connectivity index (χ0v) is 38.4. The topological polar surface area (TPSA) is 118 Å². The predicted octanol–water partition coefficient (Wildman–Crippen LogP) is 8.40. The van der Waals surface area contributed by atoms with Gasteiger partial charge in [-0.15, -0.1) is 0 Å². The van der Waals surface area contributed by atoms with Crippen LogP contribution >= 0.6 is 0 Å². The van der Waals surface area contributed by atoms with Gasteiger partial charge in [0.05, 0.1) is 12.1 Å². The van der Waals surface area contributed by atoms with Crippen LogP contribution in [0.4, 0.5) is 27.2 Å². The van der Waals surface area contributed by atoms with Gasteiger partial charge in [-0.25, -0.2) is 36.7 Å². The van der Waals surface area contributed by atoms with Crippen LogP contribution in [0, 0.1) is 35.1 Å². The summed E-state index contributed by atoms with van der Waals surface area (Å²) in [7, 11) is 3.45. The predicted molar refractivity (Wildman–Crippen MR) is 242 cm³/mol. The van der Waals surface area contributed by atoms with Crippen LogP contribution in [0.5, 0.6) is 0 Å². The normalized spacial score (nSPS) is 20.1. The molecule has 362 valence electrons. The van der Waals surface area contributed by atoms with E-state index in [4.69, 9.17) is 18.9 Å². The van der Waals surface area contributed by atoms with Crippen molar-refractivity contribution in [2.45, 2.75) is 74.7 Å². The van der Waals surface area contributed by atoms with Crippen molar-refractivity contribution in [1.29, 1.82) is 0 Å². The molecule has 2 atom stereocenters. The number of cyclic esters (lactones) is 2. The summed E-state index contributed by atoms with van der Waals surface area (Å²) in [6, 6.07) is 21.9. The second-order valence-electron chi connectivity index (χ2n) is 18.5. The van der Waals surface area contributed by atoms with Crippen molar-refractivity contribution in [2.75, 3.05) is 66.6 Å². The lowest BCUT2D eigenvalue weighted by Crippen LogP contribution is -2.50. The highest BCUT2D eigenvalue weighted by Crippen LogP contribution is 2.48. The summed E-state index contributed by atoms with van der Waals surface area (Å²) in [6.45, 7) is 4.48. The molecule has 2 amide bonds. The molecular weight excluding hydrogens is 885 g/mol. The number of benzene rings is 4. The molecule has 4 aromatic rings. The second-order valence-corrected chi connectivity index (χ2v) is 18.5. The lowest BCUT2D eigenvalue weighted by molar-refractivity contribution is -0.191. The summed E-state index contributed by atoms with van der Waals surface area (Å²) < 4.78 is 82.2. The highest BCUT2D eigenvalue weighted by molar-refractivity contribution is 6.30. The molecule has 0 spiro atoms. The average Bonchev–Trinajstić information content (AvgIpc) is 3.85. The Morgan fingerprint density at radius 1 is 0.515 bits per heavy atom. The van der Waals surface area contributed by atoms with Gasteiger partial charge in [0.25, 0.3) is 0 Å². The number of likely N-dealkylation sites (tertiary alicyclic amines) is 2. The number of piperidine rings is 2. The molecule has 4 aliphatic heterocycles. The van der Waals surface area contributed by atoms with Crippen LogP contribution in [0.3, 0.4) is 0 Å². The number of ether oxygens (including phenoxy) is 4. The molecule has 16 heteroatoms. The third-order valence-electron chi connectivity index (χ3n) is 14.6. The maximum Gasteiger partial charge on any atom is 0.418 e. The molecule has 2 unspecified atom stereocenters. The Bertz CT molecular complexity index is 2120. The molecule has 8 rings (SSSR count). The molecule has 0 N–H and O–H groups in total. The largest absolute Gasteiger partial charge is 0.447 e. The van der Waals surface area contributed by atoms with Crippen LogP contribution in [0.2, 0.25) is 0 Å². The summed E-state index contributed by atoms with van der Waals surface area (Å²) in [6.07, 6.45) is 4.33. The molecule has 4 aliphatic rings. The van der Waals surface area contributed by atoms with Crippen LogP contribution in [0.1, 0.15) is 73.6 Å². The van der Waals surface area contributed by atoms with E-state index in [0.717, 1.165) is 38.8 Å². The highest BCUT2D eigenvalue weighted by Gasteiger charge is 2.52. The number of esters is 2. The third-order valence-corrected chi connectivity index (χ3v) is 14.6. The van der Waals surface area contributed by atoms with Crippen molar-refractivity contribution < 1.29 is 55.7 Å². The van der Waals surface area contributed by atoms with E-state index in [0.29, 0.717) is 87.3 Å². The standard InChI is InChI=1S/C52H58F4N4O8/c1-57-45(33-65-49(57)63)5-3-27-59-29-23-39(24-30-59)51(35-7-15-41(53)16-8-35,36-9-17-42(54)18-10-36)67-47(61)48(62)68-52(37-11-19-43(55)20-12-37,38-13-21-44(56)22-14-38)40-25-31-60(32-26-40)28-4-6-46-34-66-50(64)58(46)2/h7-22,39-40,45-46H,3-6,23-34H2,1-2H3. The molecule has 0 aromatic heterocycles. The monoisotopic (exact) mass is 942 g/mol. The third kappa shape index (κ3) is 10.4. The van der Waals surface area contributed by atoms with Crippen molar-refractivity contribution in [3.05, 3.63) is 143 Å². The summed E-state index contributed by atoms with van der Waals surface area (Å²) in [4.78, 5) is 61.3. The number of carbonyl (C=O) groups is 4. The van der Waals surface area contributed by atoms with Gasteiger partial charge in [0.15, 0.2) is 11.2 Å². The van der Waals surface area contributed by atoms with Crippen LogP contribution in [-0.4, -0.2) is 122 Å². The van der Waals surface area contributed by atoms with Crippen molar-refractivity contribution in [3.8, 4) is 0 Å². The number of amides is 2. The van der Waals surface area contributed by atoms with Crippen molar-refractivity contribution in [3.63, 3.8) is 0 Å². The Labute approximate surface area is 394 Å². The van der Waals surface area contributed by atoms with Gasteiger partial charge in [0.1, 0.15) is 36.5 Å². The lowest BCUT2D eigenvalue weighted by Gasteiger charge is -2.46. The van der Waals surface area contributed by atoms with E-state index in [1.165, 1.54) is 97.1 Å². The minimum Gasteiger partial charge on any atom is -0.447 e. The fourth-order valence-corrected chi connectivity index (χ4v) is 10.7. The number of nitrogens with zero attached hydrogens (tertiary/aromatic N) is 4. The molecule has 4 saturated heterocycles. The van der Waals surface area contributed by atoms with Crippen LogP contribution in [0.25, 0.3) is 0 Å². The lowest BCUT2D eigenvalue weighted by atomic mass is 9.71. The maximum absolute atomic E-state index is 14.9. The minimum atomic E-state index is -1.72. The number of halogens is 4. The number of carbonyl (C=O) groups excluding carboxylic acids is 4. The molecule has 0 radical (unpaired) electrons. The van der Waals surface area contributed by atoms with Crippen LogP contribution in [-0.2, 0) is 39.7 Å². The molecule has 0 bridgehead atoms. The first kappa shape index (κ1) is 48.5. The molecule has 0 aliphatic carbocycles. The Morgan fingerprint density at radius 2 is 0.794 bits per heavy atom. The Balaban J connectivity index is 1.08. The molecular formula is C52H58F4N4O8. The van der Waals surface area contributed by atoms with Gasteiger partial charge in [-0.3, -0.25) is 0 Å². The van der Waals surface area contributed by atoms with Gasteiger partial charge >= 0.3 is 24.1 Å². The maximum atomic E-state index is 14.9. The molecule has 68 heavy (non-hydrogen) atoms. The molecule has 4 aromatic carbocycles. The first-order chi connectivity index (χ1) is 32.8. The number of hydrogen-bond donors (Lipinski definition) is 0. The van der Waals surface area contributed by atoms with E-state index in [1.807, 2.05) is 0 Å². The van der Waals surface area contributed by atoms with E-state index < -0.39 is 58.2 Å². The summed E-state index contributed by atoms with van der Waals surface area (Å²) in [5.41, 5.74) is -1.97. The molecule has 4 heterocycles. The van der Waals surface area contributed by atoms with Gasteiger partial charge in [-0.05, 0) is 139 Å². The van der Waals surface area contributed by atoms with Gasteiger partial charge < -0.3 is 38.5 Å². The van der Waals surface area contributed by atoms with Crippen molar-refractivity contribution >= 4 is 24.1 Å². The van der Waals surface area contributed by atoms with Crippen LogP contribution in [0.15, 0.2) is 97.1 Å². The van der Waals surface area contributed by atoms with E-state index in [1.54, 1.807) is 23.9 Å². The second kappa shape index (κ2) is 21.1. The van der Waals surface area contributed by atoms with Gasteiger partial charge in [-0.2, -0.15) is 0 Å². The Hall–Kier alpha value is -6.00. The van der Waals surface area contributed by atoms with E-state index >= 15 is 0 Å². The van der Waals surface area contributed by atoms with Gasteiger partial charge in [0.2, 0.25) is 0 Å². The molecule has 12 nitrogen and oxygen atoms in total. The average molecular weight is 943 g/mol.